The van der Waals surface area contributed by atoms with Crippen LogP contribution >= 0.6 is 12.2 Å². The third kappa shape index (κ3) is 4.90. The molecule has 2 atom stereocenters. The summed E-state index contributed by atoms with van der Waals surface area (Å²) in [4.78, 5) is 16.5. The molecule has 1 heterocycles. The molecule has 2 unspecified atom stereocenters. The quantitative estimate of drug-likeness (QED) is 0.761. The lowest BCUT2D eigenvalue weighted by molar-refractivity contribution is -0.131. The molecule has 1 aliphatic heterocycles. The summed E-state index contributed by atoms with van der Waals surface area (Å²) in [5.74, 6) is 1.60. The van der Waals surface area contributed by atoms with Crippen LogP contribution in [-0.4, -0.2) is 53.9 Å². The van der Waals surface area contributed by atoms with Crippen LogP contribution in [0.1, 0.15) is 26.7 Å². The van der Waals surface area contributed by atoms with Crippen molar-refractivity contribution in [2.75, 3.05) is 33.2 Å². The zero-order valence-corrected chi connectivity index (χ0v) is 12.5. The number of amides is 1. The first-order chi connectivity index (χ1) is 8.40. The van der Waals surface area contributed by atoms with Crippen molar-refractivity contribution in [2.24, 2.45) is 17.6 Å². The molecule has 0 spiro atoms. The van der Waals surface area contributed by atoms with Crippen LogP contribution in [0.25, 0.3) is 0 Å². The van der Waals surface area contributed by atoms with E-state index in [0.29, 0.717) is 30.4 Å². The molecule has 1 amide bonds. The van der Waals surface area contributed by atoms with Crippen LogP contribution in [-0.2, 0) is 4.79 Å². The molecule has 0 radical (unpaired) electrons. The van der Waals surface area contributed by atoms with E-state index in [9.17, 15) is 4.79 Å². The summed E-state index contributed by atoms with van der Waals surface area (Å²) in [6.45, 7) is 7.74. The van der Waals surface area contributed by atoms with Gasteiger partial charge in [0.1, 0.15) is 0 Å². The van der Waals surface area contributed by atoms with E-state index >= 15 is 0 Å². The van der Waals surface area contributed by atoms with Crippen LogP contribution in [0.15, 0.2) is 0 Å². The minimum atomic E-state index is 0.160. The number of hydrogen-bond acceptors (Lipinski definition) is 3. The maximum absolute atomic E-state index is 12.0. The van der Waals surface area contributed by atoms with Crippen molar-refractivity contribution >= 4 is 23.1 Å². The van der Waals surface area contributed by atoms with Gasteiger partial charge in [0.2, 0.25) is 5.91 Å². The Labute approximate surface area is 115 Å². The van der Waals surface area contributed by atoms with Crippen molar-refractivity contribution < 1.29 is 4.79 Å². The number of nitrogens with two attached hydrogens (primary N) is 1. The van der Waals surface area contributed by atoms with Gasteiger partial charge in [0, 0.05) is 26.6 Å². The summed E-state index contributed by atoms with van der Waals surface area (Å²) in [6.07, 6.45) is 1.79. The van der Waals surface area contributed by atoms with Gasteiger partial charge in [0.15, 0.2) is 0 Å². The van der Waals surface area contributed by atoms with Crippen molar-refractivity contribution in [3.05, 3.63) is 0 Å². The fourth-order valence-electron chi connectivity index (χ4n) is 2.21. The predicted molar refractivity (Wildman–Crippen MR) is 78.4 cm³/mol. The summed E-state index contributed by atoms with van der Waals surface area (Å²) in [5, 5.41) is 0. The summed E-state index contributed by atoms with van der Waals surface area (Å²) in [5.41, 5.74) is 5.44. The zero-order valence-electron chi connectivity index (χ0n) is 11.7. The Morgan fingerprint density at radius 3 is 2.67 bits per heavy atom. The first-order valence-electron chi connectivity index (χ1n) is 6.64. The van der Waals surface area contributed by atoms with Gasteiger partial charge in [-0.2, -0.15) is 0 Å². The van der Waals surface area contributed by atoms with E-state index in [1.165, 1.54) is 6.42 Å². The molecule has 4 nitrogen and oxygen atoms in total. The molecular weight excluding hydrogens is 246 g/mol. The third-order valence-corrected chi connectivity index (χ3v) is 4.10. The Balaban J connectivity index is 2.33. The van der Waals surface area contributed by atoms with Gasteiger partial charge in [-0.05, 0) is 24.8 Å². The van der Waals surface area contributed by atoms with Gasteiger partial charge >= 0.3 is 0 Å². The monoisotopic (exact) mass is 271 g/mol. The molecule has 0 aromatic rings. The maximum Gasteiger partial charge on any atom is 0.236 e. The fraction of sp³-hybridized carbons (Fsp3) is 0.846. The molecule has 0 aromatic carbocycles. The normalized spacial score (nSPS) is 24.8. The highest BCUT2D eigenvalue weighted by atomic mass is 32.1. The van der Waals surface area contributed by atoms with Gasteiger partial charge in [-0.15, -0.1) is 0 Å². The molecule has 2 N–H and O–H groups in total. The second kappa shape index (κ2) is 7.04. The maximum atomic E-state index is 12.0. The van der Waals surface area contributed by atoms with Gasteiger partial charge in [-0.1, -0.05) is 26.1 Å². The van der Waals surface area contributed by atoms with Crippen LogP contribution < -0.4 is 5.73 Å². The van der Waals surface area contributed by atoms with E-state index in [-0.39, 0.29) is 5.91 Å². The standard InChI is InChI=1S/C13H25N3OS/c1-10-4-7-16(8-11(10)2)9-13(17)15(3)6-5-12(14)18/h10-11H,4-9H2,1-3H3,(H2,14,18). The topological polar surface area (TPSA) is 49.6 Å². The van der Waals surface area contributed by atoms with Gasteiger partial charge in [-0.25, -0.2) is 0 Å². The van der Waals surface area contributed by atoms with E-state index in [0.717, 1.165) is 19.0 Å². The number of rotatable bonds is 5. The predicted octanol–water partition coefficient (Wildman–Crippen LogP) is 1.10. The zero-order chi connectivity index (χ0) is 13.7. The second-order valence-corrected chi connectivity index (χ2v) is 6.03. The van der Waals surface area contributed by atoms with E-state index in [2.05, 4.69) is 18.7 Å². The van der Waals surface area contributed by atoms with E-state index in [4.69, 9.17) is 18.0 Å². The lowest BCUT2D eigenvalue weighted by Gasteiger charge is -2.35. The molecule has 0 bridgehead atoms. The lowest BCUT2D eigenvalue weighted by atomic mass is 9.89. The van der Waals surface area contributed by atoms with Gasteiger partial charge in [0.25, 0.3) is 0 Å². The summed E-state index contributed by atoms with van der Waals surface area (Å²) >= 11 is 4.82. The molecule has 0 saturated carbocycles. The van der Waals surface area contributed by atoms with E-state index < -0.39 is 0 Å². The minimum Gasteiger partial charge on any atom is -0.393 e. The Kier molecular flexibility index (Phi) is 6.02. The summed E-state index contributed by atoms with van der Waals surface area (Å²) in [7, 11) is 1.82. The average molecular weight is 271 g/mol. The lowest BCUT2D eigenvalue weighted by Crippen LogP contribution is -2.45. The largest absolute Gasteiger partial charge is 0.393 e. The van der Waals surface area contributed by atoms with E-state index in [1.807, 2.05) is 7.05 Å². The highest BCUT2D eigenvalue weighted by Gasteiger charge is 2.24. The molecule has 5 heteroatoms. The molecule has 18 heavy (non-hydrogen) atoms. The number of carbonyl (C=O) groups excluding carboxylic acids is 1. The SMILES string of the molecule is CC1CCN(CC(=O)N(C)CCC(N)=S)CC1C. The number of carbonyl (C=O) groups is 1. The van der Waals surface area contributed by atoms with Crippen molar-refractivity contribution in [1.82, 2.24) is 9.80 Å². The van der Waals surface area contributed by atoms with Crippen molar-refractivity contribution in [1.29, 1.82) is 0 Å². The molecule has 104 valence electrons. The highest BCUT2D eigenvalue weighted by Crippen LogP contribution is 2.22. The van der Waals surface area contributed by atoms with Crippen molar-refractivity contribution in [3.8, 4) is 0 Å². The Hall–Kier alpha value is -0.680. The molecule has 0 aromatic heterocycles. The van der Waals surface area contributed by atoms with E-state index in [1.54, 1.807) is 4.90 Å². The Bertz CT molecular complexity index is 309. The molecular formula is C13H25N3OS. The number of likely N-dealkylation sites (N-methyl/N-ethyl adjacent to an activating group) is 1. The second-order valence-electron chi connectivity index (χ2n) is 5.51. The summed E-state index contributed by atoms with van der Waals surface area (Å²) < 4.78 is 0. The van der Waals surface area contributed by atoms with Crippen LogP contribution in [0.4, 0.5) is 0 Å². The third-order valence-electron chi connectivity index (χ3n) is 3.90. The number of thiocarbonyl (C=S) groups is 1. The first kappa shape index (κ1) is 15.4. The van der Waals surface area contributed by atoms with Gasteiger partial charge in [-0.3, -0.25) is 9.69 Å². The molecule has 1 saturated heterocycles. The molecule has 1 rings (SSSR count). The number of hydrogen-bond donors (Lipinski definition) is 1. The molecule has 0 aliphatic carbocycles. The number of nitrogens with zero attached hydrogens (tertiary/aromatic N) is 2. The van der Waals surface area contributed by atoms with Crippen molar-refractivity contribution in [2.45, 2.75) is 26.7 Å². The minimum absolute atomic E-state index is 0.160. The number of likely N-dealkylation sites (tertiary alicyclic amines) is 1. The van der Waals surface area contributed by atoms with Crippen LogP contribution in [0.5, 0.6) is 0 Å². The number of piperidine rings is 1. The molecule has 1 fully saturated rings. The van der Waals surface area contributed by atoms with Crippen LogP contribution in [0.3, 0.4) is 0 Å². The van der Waals surface area contributed by atoms with Crippen LogP contribution in [0, 0.1) is 11.8 Å². The van der Waals surface area contributed by atoms with Gasteiger partial charge < -0.3 is 10.6 Å². The smallest absolute Gasteiger partial charge is 0.236 e. The first-order valence-corrected chi connectivity index (χ1v) is 7.05. The summed E-state index contributed by atoms with van der Waals surface area (Å²) in [6, 6.07) is 0. The highest BCUT2D eigenvalue weighted by molar-refractivity contribution is 7.80. The fourth-order valence-corrected chi connectivity index (χ4v) is 2.30. The average Bonchev–Trinajstić information content (AvgIpc) is 2.30. The molecule has 1 aliphatic rings. The van der Waals surface area contributed by atoms with Crippen LogP contribution in [0.2, 0.25) is 0 Å². The van der Waals surface area contributed by atoms with Crippen molar-refractivity contribution in [3.63, 3.8) is 0 Å². The Morgan fingerprint density at radius 2 is 2.11 bits per heavy atom. The Morgan fingerprint density at radius 1 is 1.44 bits per heavy atom. The van der Waals surface area contributed by atoms with Gasteiger partial charge in [0.05, 0.1) is 11.5 Å².